The average molecular weight is 353 g/mol. The van der Waals surface area contributed by atoms with Gasteiger partial charge in [-0.05, 0) is 24.5 Å². The van der Waals surface area contributed by atoms with Crippen molar-refractivity contribution in [2.24, 2.45) is 7.05 Å². The summed E-state index contributed by atoms with van der Waals surface area (Å²) in [5.41, 5.74) is 2.87. The van der Waals surface area contributed by atoms with Crippen molar-refractivity contribution in [3.05, 3.63) is 53.7 Å². The van der Waals surface area contributed by atoms with Gasteiger partial charge in [0.1, 0.15) is 11.3 Å². The molecule has 0 radical (unpaired) electrons. The highest BCUT2D eigenvalue weighted by molar-refractivity contribution is 5.79. The van der Waals surface area contributed by atoms with Crippen LogP contribution in [0.15, 0.2) is 36.7 Å². The molecule has 1 aliphatic rings. The SMILES string of the molecule is Cn1nc([C@H]2CCCN(C(=O)Cc3ccccc3F)C2)c2nccnc21. The zero-order valence-electron chi connectivity index (χ0n) is 14.6. The lowest BCUT2D eigenvalue weighted by Gasteiger charge is -2.32. The van der Waals surface area contributed by atoms with Gasteiger partial charge in [-0.1, -0.05) is 18.2 Å². The number of rotatable bonds is 3. The van der Waals surface area contributed by atoms with Crippen molar-refractivity contribution < 1.29 is 9.18 Å². The first-order valence-corrected chi connectivity index (χ1v) is 8.78. The molecular formula is C19H20FN5O. The van der Waals surface area contributed by atoms with Gasteiger partial charge in [0.05, 0.1) is 12.1 Å². The van der Waals surface area contributed by atoms with Gasteiger partial charge >= 0.3 is 0 Å². The van der Waals surface area contributed by atoms with Gasteiger partial charge in [0.2, 0.25) is 5.91 Å². The van der Waals surface area contributed by atoms with E-state index in [1.165, 1.54) is 6.07 Å². The van der Waals surface area contributed by atoms with Crippen LogP contribution in [0, 0.1) is 5.82 Å². The molecule has 3 heterocycles. The minimum atomic E-state index is -0.333. The Bertz CT molecular complexity index is 954. The summed E-state index contributed by atoms with van der Waals surface area (Å²) >= 11 is 0. The van der Waals surface area contributed by atoms with E-state index in [1.807, 2.05) is 11.9 Å². The summed E-state index contributed by atoms with van der Waals surface area (Å²) in [6.07, 6.45) is 5.25. The molecule has 1 amide bonds. The molecule has 7 heteroatoms. The third kappa shape index (κ3) is 3.05. The van der Waals surface area contributed by atoms with E-state index in [0.717, 1.165) is 29.7 Å². The summed E-state index contributed by atoms with van der Waals surface area (Å²) in [5, 5.41) is 4.60. The molecular weight excluding hydrogens is 333 g/mol. The van der Waals surface area contributed by atoms with E-state index >= 15 is 0 Å². The van der Waals surface area contributed by atoms with Gasteiger partial charge in [-0.3, -0.25) is 4.79 Å². The zero-order valence-corrected chi connectivity index (χ0v) is 14.6. The second-order valence-corrected chi connectivity index (χ2v) is 6.68. The van der Waals surface area contributed by atoms with Gasteiger partial charge in [0, 0.05) is 38.4 Å². The van der Waals surface area contributed by atoms with Crippen molar-refractivity contribution in [2.45, 2.75) is 25.2 Å². The molecule has 1 fully saturated rings. The second kappa shape index (κ2) is 6.82. The smallest absolute Gasteiger partial charge is 0.227 e. The lowest BCUT2D eigenvalue weighted by molar-refractivity contribution is -0.131. The van der Waals surface area contributed by atoms with Crippen molar-refractivity contribution in [1.29, 1.82) is 0 Å². The molecule has 4 rings (SSSR count). The van der Waals surface area contributed by atoms with Crippen LogP contribution in [0.5, 0.6) is 0 Å². The largest absolute Gasteiger partial charge is 0.342 e. The number of fused-ring (bicyclic) bond motifs is 1. The van der Waals surface area contributed by atoms with Crippen LogP contribution in [0.4, 0.5) is 4.39 Å². The minimum absolute atomic E-state index is 0.0499. The van der Waals surface area contributed by atoms with Crippen molar-refractivity contribution in [3.63, 3.8) is 0 Å². The maximum Gasteiger partial charge on any atom is 0.227 e. The molecule has 0 saturated carbocycles. The van der Waals surface area contributed by atoms with E-state index in [1.54, 1.807) is 35.3 Å². The summed E-state index contributed by atoms with van der Waals surface area (Å²) in [6, 6.07) is 6.44. The van der Waals surface area contributed by atoms with Gasteiger partial charge in [-0.15, -0.1) is 0 Å². The molecule has 1 atom stereocenters. The number of carbonyl (C=O) groups excluding carboxylic acids is 1. The number of benzene rings is 1. The maximum atomic E-state index is 13.8. The number of aromatic nitrogens is 4. The number of likely N-dealkylation sites (tertiary alicyclic amines) is 1. The van der Waals surface area contributed by atoms with Gasteiger partial charge in [0.15, 0.2) is 5.65 Å². The Morgan fingerprint density at radius 3 is 2.92 bits per heavy atom. The van der Waals surface area contributed by atoms with Crippen LogP contribution in [0.1, 0.15) is 30.0 Å². The topological polar surface area (TPSA) is 63.9 Å². The number of nitrogens with zero attached hydrogens (tertiary/aromatic N) is 5. The lowest BCUT2D eigenvalue weighted by atomic mass is 9.94. The van der Waals surface area contributed by atoms with Crippen LogP contribution in [0.25, 0.3) is 11.2 Å². The zero-order chi connectivity index (χ0) is 18.1. The molecule has 0 aliphatic carbocycles. The van der Waals surface area contributed by atoms with E-state index in [9.17, 15) is 9.18 Å². The number of piperidine rings is 1. The number of halogens is 1. The number of hydrogen-bond acceptors (Lipinski definition) is 4. The Labute approximate surface area is 150 Å². The Morgan fingerprint density at radius 2 is 2.08 bits per heavy atom. The lowest BCUT2D eigenvalue weighted by Crippen LogP contribution is -2.40. The first kappa shape index (κ1) is 16.6. The van der Waals surface area contributed by atoms with Crippen LogP contribution in [0.3, 0.4) is 0 Å². The van der Waals surface area contributed by atoms with Crippen molar-refractivity contribution >= 4 is 17.1 Å². The highest BCUT2D eigenvalue weighted by Gasteiger charge is 2.29. The maximum absolute atomic E-state index is 13.8. The number of carbonyl (C=O) groups is 1. The Kier molecular flexibility index (Phi) is 4.36. The van der Waals surface area contributed by atoms with Gasteiger partial charge in [-0.25, -0.2) is 19.0 Å². The number of aryl methyl sites for hydroxylation is 1. The highest BCUT2D eigenvalue weighted by atomic mass is 19.1. The third-order valence-electron chi connectivity index (χ3n) is 4.95. The van der Waals surface area contributed by atoms with Crippen LogP contribution in [0.2, 0.25) is 0 Å². The van der Waals surface area contributed by atoms with Gasteiger partial charge in [-0.2, -0.15) is 5.10 Å². The molecule has 0 spiro atoms. The monoisotopic (exact) mass is 353 g/mol. The summed E-state index contributed by atoms with van der Waals surface area (Å²) in [7, 11) is 1.85. The first-order chi connectivity index (χ1) is 12.6. The second-order valence-electron chi connectivity index (χ2n) is 6.68. The van der Waals surface area contributed by atoms with Gasteiger partial charge in [0.25, 0.3) is 0 Å². The number of hydrogen-bond donors (Lipinski definition) is 0. The Hall–Kier alpha value is -2.83. The van der Waals surface area contributed by atoms with E-state index in [-0.39, 0.29) is 24.1 Å². The van der Waals surface area contributed by atoms with Gasteiger partial charge < -0.3 is 4.90 Å². The summed E-state index contributed by atoms with van der Waals surface area (Å²) in [4.78, 5) is 23.2. The summed E-state index contributed by atoms with van der Waals surface area (Å²) in [5.74, 6) is -0.264. The molecule has 3 aromatic rings. The summed E-state index contributed by atoms with van der Waals surface area (Å²) in [6.45, 7) is 1.27. The molecule has 1 aliphatic heterocycles. The van der Waals surface area contributed by atoms with Crippen molar-refractivity contribution in [3.8, 4) is 0 Å². The van der Waals surface area contributed by atoms with E-state index in [4.69, 9.17) is 0 Å². The molecule has 26 heavy (non-hydrogen) atoms. The standard InChI is InChI=1S/C19H20FN5O/c1-24-19-18(21-8-9-22-19)17(23-24)14-6-4-10-25(12-14)16(26)11-13-5-2-3-7-15(13)20/h2-3,5,7-9,14H,4,6,10-12H2,1H3/t14-/m0/s1. The molecule has 1 aromatic carbocycles. The quantitative estimate of drug-likeness (QED) is 0.726. The Balaban J connectivity index is 1.54. The molecule has 0 bridgehead atoms. The fraction of sp³-hybridized carbons (Fsp3) is 0.368. The van der Waals surface area contributed by atoms with Crippen molar-refractivity contribution in [2.75, 3.05) is 13.1 Å². The molecule has 134 valence electrons. The fourth-order valence-corrected chi connectivity index (χ4v) is 3.62. The predicted octanol–water partition coefficient (Wildman–Crippen LogP) is 2.45. The Morgan fingerprint density at radius 1 is 1.27 bits per heavy atom. The van der Waals surface area contributed by atoms with Crippen molar-refractivity contribution in [1.82, 2.24) is 24.6 Å². The minimum Gasteiger partial charge on any atom is -0.342 e. The number of amides is 1. The van der Waals surface area contributed by atoms with E-state index in [2.05, 4.69) is 15.1 Å². The molecule has 1 saturated heterocycles. The average Bonchev–Trinajstić information content (AvgIpc) is 3.01. The summed E-state index contributed by atoms with van der Waals surface area (Å²) < 4.78 is 15.6. The van der Waals surface area contributed by atoms with Crippen LogP contribution >= 0.6 is 0 Å². The van der Waals surface area contributed by atoms with E-state index < -0.39 is 0 Å². The van der Waals surface area contributed by atoms with Crippen LogP contribution in [-0.4, -0.2) is 43.6 Å². The van der Waals surface area contributed by atoms with E-state index in [0.29, 0.717) is 18.7 Å². The molecule has 0 N–H and O–H groups in total. The highest BCUT2D eigenvalue weighted by Crippen LogP contribution is 2.30. The third-order valence-corrected chi connectivity index (χ3v) is 4.95. The molecule has 0 unspecified atom stereocenters. The molecule has 2 aromatic heterocycles. The first-order valence-electron chi connectivity index (χ1n) is 8.78. The van der Waals surface area contributed by atoms with Crippen LogP contribution in [-0.2, 0) is 18.3 Å². The van der Waals surface area contributed by atoms with Crippen LogP contribution < -0.4 is 0 Å². The molecule has 6 nitrogen and oxygen atoms in total. The normalized spacial score (nSPS) is 17.6. The predicted molar refractivity (Wildman–Crippen MR) is 95.0 cm³/mol. The fourth-order valence-electron chi connectivity index (χ4n) is 3.62.